The first-order valence-electron chi connectivity index (χ1n) is 6.52. The van der Waals surface area contributed by atoms with E-state index in [1.165, 1.54) is 43.5 Å². The molecule has 1 fully saturated rings. The van der Waals surface area contributed by atoms with Gasteiger partial charge in [0.2, 0.25) is 0 Å². The molecule has 0 N–H and O–H groups in total. The molecule has 2 aliphatic rings. The van der Waals surface area contributed by atoms with Gasteiger partial charge in [-0.05, 0) is 57.1 Å². The molecular weight excluding hydrogens is 208 g/mol. The van der Waals surface area contributed by atoms with Crippen LogP contribution in [0.5, 0.6) is 0 Å². The van der Waals surface area contributed by atoms with E-state index in [1.807, 2.05) is 6.08 Å². The second-order valence-corrected chi connectivity index (χ2v) is 4.90. The van der Waals surface area contributed by atoms with Gasteiger partial charge in [0.1, 0.15) is 0 Å². The normalized spacial score (nSPS) is 26.6. The molecule has 2 nitrogen and oxygen atoms in total. The van der Waals surface area contributed by atoms with E-state index in [4.69, 9.17) is 0 Å². The molecule has 1 unspecified atom stereocenters. The number of hydrogen-bond acceptors (Lipinski definition) is 2. The van der Waals surface area contributed by atoms with Crippen LogP contribution in [0, 0.1) is 0 Å². The summed E-state index contributed by atoms with van der Waals surface area (Å²) in [5.74, 6) is 0. The van der Waals surface area contributed by atoms with Crippen LogP contribution in [-0.4, -0.2) is 30.7 Å². The minimum absolute atomic E-state index is 0.421. The Labute approximate surface area is 104 Å². The molecule has 1 aliphatic heterocycles. The van der Waals surface area contributed by atoms with Crippen LogP contribution in [0.3, 0.4) is 0 Å². The van der Waals surface area contributed by atoms with Gasteiger partial charge >= 0.3 is 0 Å². The van der Waals surface area contributed by atoms with Crippen molar-refractivity contribution in [3.05, 3.63) is 35.6 Å². The molecule has 1 aliphatic carbocycles. The molecular formula is C15H22N2. The average molecular weight is 230 g/mol. The van der Waals surface area contributed by atoms with Gasteiger partial charge in [-0.15, -0.1) is 0 Å². The van der Waals surface area contributed by atoms with E-state index in [0.29, 0.717) is 6.04 Å². The topological polar surface area (TPSA) is 15.6 Å². The molecule has 1 heterocycles. The number of aliphatic imine (C=N–C) groups is 1. The van der Waals surface area contributed by atoms with Crippen LogP contribution in [0.1, 0.15) is 32.6 Å². The fourth-order valence-corrected chi connectivity index (χ4v) is 2.90. The van der Waals surface area contributed by atoms with Gasteiger partial charge in [0.25, 0.3) is 0 Å². The minimum atomic E-state index is 0.421. The van der Waals surface area contributed by atoms with Crippen molar-refractivity contribution in [2.75, 3.05) is 13.1 Å². The highest BCUT2D eigenvalue weighted by Gasteiger charge is 2.27. The molecule has 92 valence electrons. The van der Waals surface area contributed by atoms with E-state index in [2.05, 4.69) is 36.2 Å². The molecule has 0 saturated carbocycles. The quantitative estimate of drug-likeness (QED) is 0.679. The molecule has 17 heavy (non-hydrogen) atoms. The van der Waals surface area contributed by atoms with E-state index < -0.39 is 0 Å². The smallest absolute Gasteiger partial charge is 0.0645 e. The summed E-state index contributed by atoms with van der Waals surface area (Å²) >= 11 is 0. The summed E-state index contributed by atoms with van der Waals surface area (Å²) in [4.78, 5) is 6.84. The molecule has 0 spiro atoms. The molecule has 0 radical (unpaired) electrons. The Morgan fingerprint density at radius 1 is 1.35 bits per heavy atom. The summed E-state index contributed by atoms with van der Waals surface area (Å²) in [6.45, 7) is 12.2. The van der Waals surface area contributed by atoms with Gasteiger partial charge in [0.15, 0.2) is 0 Å². The summed E-state index contributed by atoms with van der Waals surface area (Å²) in [6, 6.07) is 0.421. The van der Waals surface area contributed by atoms with Crippen LogP contribution in [0.2, 0.25) is 0 Å². The molecule has 0 bridgehead atoms. The number of likely N-dealkylation sites (tertiary alicyclic amines) is 1. The molecule has 1 saturated heterocycles. The van der Waals surface area contributed by atoms with Crippen LogP contribution in [0.25, 0.3) is 0 Å². The maximum absolute atomic E-state index is 4.28. The number of allylic oxidation sites excluding steroid dienone is 3. The summed E-state index contributed by atoms with van der Waals surface area (Å²) in [5, 5.41) is 0. The average Bonchev–Trinajstić information content (AvgIpc) is 2.39. The van der Waals surface area contributed by atoms with Crippen LogP contribution in [0.4, 0.5) is 0 Å². The monoisotopic (exact) mass is 230 g/mol. The second-order valence-electron chi connectivity index (χ2n) is 4.90. The Kier molecular flexibility index (Phi) is 3.95. The standard InChI is InChI=1S/C15H22N2/c1-4-13-12(2)8-9-14(15(13)16-3)17-10-6-5-7-11-17/h4,8,14H,1,3,5-7,9-11H2,2H3. The van der Waals surface area contributed by atoms with Gasteiger partial charge in [-0.2, -0.15) is 0 Å². The second kappa shape index (κ2) is 5.46. The van der Waals surface area contributed by atoms with E-state index in [0.717, 1.165) is 12.1 Å². The molecule has 0 amide bonds. The van der Waals surface area contributed by atoms with E-state index in [1.54, 1.807) is 0 Å². The first-order chi connectivity index (χ1) is 8.27. The zero-order chi connectivity index (χ0) is 12.3. The number of nitrogens with zero attached hydrogens (tertiary/aromatic N) is 2. The third kappa shape index (κ3) is 2.42. The molecule has 0 aromatic rings. The SMILES string of the molecule is C=CC1=C(N=C)C(N2CCCCC2)CC=C1C. The van der Waals surface area contributed by atoms with E-state index in [9.17, 15) is 0 Å². The van der Waals surface area contributed by atoms with E-state index in [-0.39, 0.29) is 0 Å². The van der Waals surface area contributed by atoms with Crippen molar-refractivity contribution in [2.24, 2.45) is 4.99 Å². The van der Waals surface area contributed by atoms with Gasteiger partial charge in [0, 0.05) is 0 Å². The lowest BCUT2D eigenvalue weighted by molar-refractivity contribution is 0.182. The highest BCUT2D eigenvalue weighted by atomic mass is 15.2. The van der Waals surface area contributed by atoms with Crippen molar-refractivity contribution in [3.63, 3.8) is 0 Å². The Bertz CT molecular complexity index is 370. The Morgan fingerprint density at radius 2 is 2.06 bits per heavy atom. The number of piperidine rings is 1. The lowest BCUT2D eigenvalue weighted by Gasteiger charge is -2.36. The lowest BCUT2D eigenvalue weighted by atomic mass is 9.90. The van der Waals surface area contributed by atoms with Gasteiger partial charge < -0.3 is 0 Å². The number of rotatable bonds is 3. The van der Waals surface area contributed by atoms with Crippen LogP contribution in [0.15, 0.2) is 40.6 Å². The zero-order valence-corrected chi connectivity index (χ0v) is 10.8. The Morgan fingerprint density at radius 3 is 2.65 bits per heavy atom. The van der Waals surface area contributed by atoms with Crippen molar-refractivity contribution in [3.8, 4) is 0 Å². The summed E-state index contributed by atoms with van der Waals surface area (Å²) in [5.41, 5.74) is 3.60. The third-order valence-corrected chi connectivity index (χ3v) is 3.87. The first-order valence-corrected chi connectivity index (χ1v) is 6.52. The maximum atomic E-state index is 4.28. The lowest BCUT2D eigenvalue weighted by Crippen LogP contribution is -2.41. The first kappa shape index (κ1) is 12.3. The molecule has 0 aromatic heterocycles. The summed E-state index contributed by atoms with van der Waals surface area (Å²) < 4.78 is 0. The summed E-state index contributed by atoms with van der Waals surface area (Å²) in [6.07, 6.45) is 9.29. The van der Waals surface area contributed by atoms with E-state index >= 15 is 0 Å². The summed E-state index contributed by atoms with van der Waals surface area (Å²) in [7, 11) is 0. The predicted octanol–water partition coefficient (Wildman–Crippen LogP) is 3.33. The Hall–Kier alpha value is -1.15. The van der Waals surface area contributed by atoms with Crippen LogP contribution in [-0.2, 0) is 0 Å². The minimum Gasteiger partial charge on any atom is -0.294 e. The Balaban J connectivity index is 2.26. The van der Waals surface area contributed by atoms with Gasteiger partial charge in [-0.3, -0.25) is 9.89 Å². The fraction of sp³-hybridized carbons (Fsp3) is 0.533. The van der Waals surface area contributed by atoms with Gasteiger partial charge in [-0.25, -0.2) is 0 Å². The van der Waals surface area contributed by atoms with Crippen molar-refractivity contribution < 1.29 is 0 Å². The molecule has 0 aromatic carbocycles. The highest BCUT2D eigenvalue weighted by Crippen LogP contribution is 2.31. The largest absolute Gasteiger partial charge is 0.294 e. The van der Waals surface area contributed by atoms with Crippen molar-refractivity contribution in [1.29, 1.82) is 0 Å². The highest BCUT2D eigenvalue weighted by molar-refractivity contribution is 5.48. The zero-order valence-electron chi connectivity index (χ0n) is 10.8. The predicted molar refractivity (Wildman–Crippen MR) is 74.4 cm³/mol. The van der Waals surface area contributed by atoms with Crippen LogP contribution < -0.4 is 0 Å². The maximum Gasteiger partial charge on any atom is 0.0645 e. The van der Waals surface area contributed by atoms with Crippen molar-refractivity contribution in [2.45, 2.75) is 38.6 Å². The molecule has 1 atom stereocenters. The van der Waals surface area contributed by atoms with Crippen molar-refractivity contribution in [1.82, 2.24) is 4.90 Å². The van der Waals surface area contributed by atoms with Crippen LogP contribution >= 0.6 is 0 Å². The van der Waals surface area contributed by atoms with Gasteiger partial charge in [-0.1, -0.05) is 25.2 Å². The molecule has 2 heteroatoms. The number of hydrogen-bond donors (Lipinski definition) is 0. The molecule has 2 rings (SSSR count). The fourth-order valence-electron chi connectivity index (χ4n) is 2.90. The van der Waals surface area contributed by atoms with Crippen molar-refractivity contribution >= 4 is 6.72 Å². The third-order valence-electron chi connectivity index (χ3n) is 3.87. The van der Waals surface area contributed by atoms with Gasteiger partial charge in [0.05, 0.1) is 11.7 Å².